The average molecular weight is 414 g/mol. The summed E-state index contributed by atoms with van der Waals surface area (Å²) in [6.45, 7) is 1.31. The maximum atomic E-state index is 12.5. The predicted octanol–water partition coefficient (Wildman–Crippen LogP) is 0.814. The van der Waals surface area contributed by atoms with Crippen LogP contribution in [0.4, 0.5) is 5.69 Å². The van der Waals surface area contributed by atoms with Gasteiger partial charge in [-0.1, -0.05) is 30.3 Å². The molecule has 1 heterocycles. The first-order valence-electron chi connectivity index (χ1n) is 8.58. The van der Waals surface area contributed by atoms with Gasteiger partial charge in [-0.15, -0.1) is 0 Å². The molecule has 0 unspecified atom stereocenters. The van der Waals surface area contributed by atoms with E-state index in [1.807, 2.05) is 4.72 Å². The number of carbonyl (C=O) groups is 3. The van der Waals surface area contributed by atoms with Crippen molar-refractivity contribution in [2.75, 3.05) is 5.01 Å². The van der Waals surface area contributed by atoms with Crippen LogP contribution >= 0.6 is 0 Å². The van der Waals surface area contributed by atoms with Crippen LogP contribution in [0.2, 0.25) is 0 Å². The third kappa shape index (κ3) is 4.32. The highest BCUT2D eigenvalue weighted by Gasteiger charge is 2.36. The molecule has 0 aliphatic carbocycles. The number of hydrazone groups is 1. The van der Waals surface area contributed by atoms with Crippen molar-refractivity contribution in [2.45, 2.75) is 24.3 Å². The Morgan fingerprint density at radius 3 is 2.41 bits per heavy atom. The first kappa shape index (κ1) is 20.2. The number of para-hydroxylation sites is 1. The maximum absolute atomic E-state index is 12.5. The fraction of sp³-hybridized carbons (Fsp3) is 0.158. The van der Waals surface area contributed by atoms with Crippen molar-refractivity contribution in [1.82, 2.24) is 4.72 Å². The first-order chi connectivity index (χ1) is 13.7. The summed E-state index contributed by atoms with van der Waals surface area (Å²) in [4.78, 5) is 35.6. The third-order valence-corrected chi connectivity index (χ3v) is 5.63. The number of nitrogens with two attached hydrogens (primary N) is 1. The number of benzene rings is 2. The number of rotatable bonds is 6. The average Bonchev–Trinajstić information content (AvgIpc) is 3.14. The lowest BCUT2D eigenvalue weighted by atomic mass is 10.1. The van der Waals surface area contributed by atoms with Crippen LogP contribution in [0.3, 0.4) is 0 Å². The number of primary amides is 1. The van der Waals surface area contributed by atoms with Crippen LogP contribution in [0.1, 0.15) is 23.7 Å². The maximum Gasteiger partial charge on any atom is 0.281 e. The molecular weight excluding hydrogens is 396 g/mol. The number of sulfonamides is 1. The van der Waals surface area contributed by atoms with E-state index < -0.39 is 27.9 Å². The highest BCUT2D eigenvalue weighted by molar-refractivity contribution is 7.90. The Morgan fingerprint density at radius 2 is 1.79 bits per heavy atom. The topological polar surface area (TPSA) is 139 Å². The number of Topliss-reactive ketones (excluding diaryl/α,β-unsaturated/α-hetero) is 1. The lowest BCUT2D eigenvalue weighted by Gasteiger charge is -2.20. The zero-order valence-corrected chi connectivity index (χ0v) is 16.2. The van der Waals surface area contributed by atoms with Gasteiger partial charge in [0.15, 0.2) is 5.78 Å². The van der Waals surface area contributed by atoms with Gasteiger partial charge in [0.05, 0.1) is 10.6 Å². The van der Waals surface area contributed by atoms with Crippen molar-refractivity contribution in [3.05, 3.63) is 60.2 Å². The number of anilines is 1. The largest absolute Gasteiger partial charge is 0.368 e. The Labute approximate surface area is 167 Å². The van der Waals surface area contributed by atoms with E-state index in [4.69, 9.17) is 5.73 Å². The molecule has 150 valence electrons. The number of hydrogen-bond donors (Lipinski definition) is 2. The molecule has 9 nitrogen and oxygen atoms in total. The smallest absolute Gasteiger partial charge is 0.281 e. The van der Waals surface area contributed by atoms with E-state index in [1.165, 1.54) is 36.2 Å². The second-order valence-corrected chi connectivity index (χ2v) is 8.05. The first-order valence-corrected chi connectivity index (χ1v) is 10.1. The quantitative estimate of drug-likeness (QED) is 0.671. The molecule has 0 saturated carbocycles. The van der Waals surface area contributed by atoms with Crippen LogP contribution < -0.4 is 15.5 Å². The monoisotopic (exact) mass is 414 g/mol. The van der Waals surface area contributed by atoms with E-state index >= 15 is 0 Å². The zero-order chi connectivity index (χ0) is 21.2. The van der Waals surface area contributed by atoms with Gasteiger partial charge in [0.2, 0.25) is 5.91 Å². The van der Waals surface area contributed by atoms with Crippen molar-refractivity contribution in [3.63, 3.8) is 0 Å². The summed E-state index contributed by atoms with van der Waals surface area (Å²) in [5.74, 6) is -1.98. The Morgan fingerprint density at radius 1 is 1.10 bits per heavy atom. The molecular formula is C19H18N4O5S. The Hall–Kier alpha value is -3.53. The minimum Gasteiger partial charge on any atom is -0.368 e. The summed E-state index contributed by atoms with van der Waals surface area (Å²) in [6, 6.07) is 13.0. The molecule has 1 aliphatic heterocycles. The fourth-order valence-electron chi connectivity index (χ4n) is 2.81. The molecule has 0 spiro atoms. The van der Waals surface area contributed by atoms with Crippen LogP contribution in [-0.2, 0) is 19.6 Å². The molecule has 2 amide bonds. The normalized spacial score (nSPS) is 16.2. The molecule has 0 bridgehead atoms. The van der Waals surface area contributed by atoms with Gasteiger partial charge < -0.3 is 5.73 Å². The van der Waals surface area contributed by atoms with Crippen molar-refractivity contribution < 1.29 is 22.8 Å². The predicted molar refractivity (Wildman–Crippen MR) is 106 cm³/mol. The van der Waals surface area contributed by atoms with Gasteiger partial charge in [-0.25, -0.2) is 13.1 Å². The van der Waals surface area contributed by atoms with Crippen LogP contribution in [-0.4, -0.2) is 37.8 Å². The number of nitrogens with zero attached hydrogens (tertiary/aromatic N) is 2. The summed E-state index contributed by atoms with van der Waals surface area (Å²) < 4.78 is 27.0. The number of carbonyl (C=O) groups excluding carboxylic acids is 3. The third-order valence-electron chi connectivity index (χ3n) is 4.30. The number of ketones is 1. The number of hydrogen-bond acceptors (Lipinski definition) is 7. The van der Waals surface area contributed by atoms with E-state index in [-0.39, 0.29) is 28.4 Å². The van der Waals surface area contributed by atoms with Gasteiger partial charge >= 0.3 is 0 Å². The molecule has 3 N–H and O–H groups in total. The molecule has 10 heteroatoms. The molecule has 3 rings (SSSR count). The van der Waals surface area contributed by atoms with E-state index in [9.17, 15) is 22.8 Å². The fourth-order valence-corrected chi connectivity index (χ4v) is 3.83. The molecule has 0 saturated heterocycles. The van der Waals surface area contributed by atoms with Crippen molar-refractivity contribution in [3.8, 4) is 0 Å². The van der Waals surface area contributed by atoms with Gasteiger partial charge in [-0.2, -0.15) is 5.10 Å². The lowest BCUT2D eigenvalue weighted by molar-refractivity contribution is -0.119. The van der Waals surface area contributed by atoms with Crippen LogP contribution in [0, 0.1) is 0 Å². The van der Waals surface area contributed by atoms with Gasteiger partial charge in [0.1, 0.15) is 11.8 Å². The summed E-state index contributed by atoms with van der Waals surface area (Å²) in [7, 11) is -4.24. The second-order valence-electron chi connectivity index (χ2n) is 6.37. The standard InChI is InChI=1S/C19H18N4O5S/c1-12(24)13-6-5-9-15(10-13)29(27,28)22-19(26)16-11-17(18(20)25)23(21-16)14-7-3-2-4-8-14/h2-10,17H,11H2,1H3,(H2,20,25)(H,22,26)/t17-/m1/s1. The summed E-state index contributed by atoms with van der Waals surface area (Å²) in [6.07, 6.45) is -0.140. The molecule has 0 radical (unpaired) electrons. The Kier molecular flexibility index (Phi) is 5.46. The second kappa shape index (κ2) is 7.84. The molecule has 0 fully saturated rings. The number of amides is 2. The van der Waals surface area contributed by atoms with Gasteiger partial charge in [-0.3, -0.25) is 19.4 Å². The van der Waals surface area contributed by atoms with Gasteiger partial charge in [-0.05, 0) is 31.2 Å². The van der Waals surface area contributed by atoms with E-state index in [0.717, 1.165) is 0 Å². The van der Waals surface area contributed by atoms with Crippen LogP contribution in [0.15, 0.2) is 64.6 Å². The molecule has 2 aromatic rings. The van der Waals surface area contributed by atoms with Crippen LogP contribution in [0.25, 0.3) is 0 Å². The van der Waals surface area contributed by atoms with E-state index in [2.05, 4.69) is 5.10 Å². The molecule has 29 heavy (non-hydrogen) atoms. The lowest BCUT2D eigenvalue weighted by Crippen LogP contribution is -2.40. The van der Waals surface area contributed by atoms with E-state index in [0.29, 0.717) is 5.69 Å². The number of nitrogens with one attached hydrogen (secondary N) is 1. The molecule has 1 atom stereocenters. The van der Waals surface area contributed by atoms with Gasteiger partial charge in [0.25, 0.3) is 15.9 Å². The Bertz CT molecular complexity index is 1110. The molecule has 0 aromatic heterocycles. The molecule has 2 aromatic carbocycles. The van der Waals surface area contributed by atoms with Crippen molar-refractivity contribution >= 4 is 39.0 Å². The Balaban J connectivity index is 1.85. The van der Waals surface area contributed by atoms with E-state index in [1.54, 1.807) is 30.3 Å². The van der Waals surface area contributed by atoms with Crippen molar-refractivity contribution in [2.24, 2.45) is 10.8 Å². The molecule has 1 aliphatic rings. The summed E-state index contributed by atoms with van der Waals surface area (Å²) in [5, 5.41) is 5.39. The summed E-state index contributed by atoms with van der Waals surface area (Å²) >= 11 is 0. The minimum atomic E-state index is -4.24. The highest BCUT2D eigenvalue weighted by Crippen LogP contribution is 2.24. The van der Waals surface area contributed by atoms with Crippen molar-refractivity contribution in [1.29, 1.82) is 0 Å². The van der Waals surface area contributed by atoms with Gasteiger partial charge in [0, 0.05) is 12.0 Å². The minimum absolute atomic E-state index is 0.140. The highest BCUT2D eigenvalue weighted by atomic mass is 32.2. The zero-order valence-electron chi connectivity index (χ0n) is 15.4. The van der Waals surface area contributed by atoms with Crippen LogP contribution in [0.5, 0.6) is 0 Å². The summed E-state index contributed by atoms with van der Waals surface area (Å²) in [5.41, 5.74) is 6.00. The SMILES string of the molecule is CC(=O)c1cccc(S(=O)(=O)NC(=O)C2=NN(c3ccccc3)[C@@H](C(N)=O)C2)c1.